The Balaban J connectivity index is 0.00000264. The zero-order valence-corrected chi connectivity index (χ0v) is 13.5. The van der Waals surface area contributed by atoms with Crippen molar-refractivity contribution >= 4 is 17.2 Å². The zero-order valence-electron chi connectivity index (χ0n) is 12.8. The largest absolute Gasteiger partial charge is 0.259 e. The number of hydrogen-bond donors (Lipinski definition) is 0. The van der Waals surface area contributed by atoms with Crippen molar-refractivity contribution < 1.29 is 0 Å². The Morgan fingerprint density at radius 2 is 2.17 bits per heavy atom. The third-order valence-corrected chi connectivity index (χ3v) is 3.92. The van der Waals surface area contributed by atoms with Gasteiger partial charge in [0, 0.05) is 18.2 Å². The Bertz CT molecular complexity index is 787. The second-order valence-corrected chi connectivity index (χ2v) is 5.47. The molecule has 0 atom stereocenters. The van der Waals surface area contributed by atoms with Gasteiger partial charge in [0.25, 0.3) is 0 Å². The fourth-order valence-corrected chi connectivity index (χ4v) is 2.97. The van der Waals surface area contributed by atoms with Crippen LogP contribution in [0.4, 0.5) is 0 Å². The number of pyridine rings is 1. The highest BCUT2D eigenvalue weighted by molar-refractivity contribution is 6.34. The average Bonchev–Trinajstić information content (AvgIpc) is 2.88. The van der Waals surface area contributed by atoms with Crippen LogP contribution in [0.2, 0.25) is 5.02 Å². The van der Waals surface area contributed by atoms with Crippen molar-refractivity contribution in [2.75, 3.05) is 0 Å². The van der Waals surface area contributed by atoms with Gasteiger partial charge in [0.15, 0.2) is 0 Å². The molecule has 0 spiro atoms. The van der Waals surface area contributed by atoms with E-state index in [0.717, 1.165) is 33.5 Å². The lowest BCUT2D eigenvalue weighted by Gasteiger charge is -2.10. The molecule has 0 fully saturated rings. The summed E-state index contributed by atoms with van der Waals surface area (Å²) >= 11 is 6.42. The first-order valence-electron chi connectivity index (χ1n) is 6.97. The van der Waals surface area contributed by atoms with E-state index in [1.807, 2.05) is 32.1 Å². The summed E-state index contributed by atoms with van der Waals surface area (Å²) in [6.07, 6.45) is 9.95. The minimum Gasteiger partial charge on any atom is -0.259 e. The summed E-state index contributed by atoms with van der Waals surface area (Å²) in [5.41, 5.74) is 6.18. The van der Waals surface area contributed by atoms with Crippen molar-refractivity contribution in [3.8, 4) is 6.07 Å². The van der Waals surface area contributed by atoms with Crippen molar-refractivity contribution in [2.24, 2.45) is 0 Å². The molecule has 23 heavy (non-hydrogen) atoms. The lowest BCUT2D eigenvalue weighted by molar-refractivity contribution is 1.09. The summed E-state index contributed by atoms with van der Waals surface area (Å²) in [6, 6.07) is 2.09. The molecule has 1 aliphatic rings. The molecule has 0 N–H and O–H groups in total. The van der Waals surface area contributed by atoms with Gasteiger partial charge in [-0.05, 0) is 30.6 Å². The fourth-order valence-electron chi connectivity index (χ4n) is 2.68. The van der Waals surface area contributed by atoms with Gasteiger partial charge >= 0.3 is 0 Å². The van der Waals surface area contributed by atoms with Crippen LogP contribution in [-0.4, -0.2) is 4.98 Å². The third kappa shape index (κ3) is 3.36. The second kappa shape index (κ2) is 7.76. The van der Waals surface area contributed by atoms with Gasteiger partial charge in [-0.2, -0.15) is 5.26 Å². The van der Waals surface area contributed by atoms with Crippen LogP contribution in [-0.2, 0) is 6.42 Å². The molecule has 1 aromatic rings. The van der Waals surface area contributed by atoms with Crippen LogP contribution in [0, 0.1) is 11.3 Å². The number of rotatable bonds is 4. The summed E-state index contributed by atoms with van der Waals surface area (Å²) < 4.78 is 0. The molecule has 0 bridgehead atoms. The summed E-state index contributed by atoms with van der Waals surface area (Å²) in [6.45, 7) is 11.8. The van der Waals surface area contributed by atoms with Crippen LogP contribution in [0.25, 0.3) is 5.57 Å². The van der Waals surface area contributed by atoms with Gasteiger partial charge in [0.1, 0.15) is 6.07 Å². The number of halogens is 1. The van der Waals surface area contributed by atoms with Crippen LogP contribution in [0.3, 0.4) is 0 Å². The maximum Gasteiger partial charge on any atom is 0.102 e. The predicted molar refractivity (Wildman–Crippen MR) is 99.2 cm³/mol. The first-order valence-corrected chi connectivity index (χ1v) is 7.35. The van der Waals surface area contributed by atoms with Crippen LogP contribution in [0.15, 0.2) is 60.4 Å². The van der Waals surface area contributed by atoms with E-state index in [9.17, 15) is 0 Å². The molecule has 0 amide bonds. The van der Waals surface area contributed by atoms with Gasteiger partial charge in [0.2, 0.25) is 0 Å². The molecule has 118 valence electrons. The van der Waals surface area contributed by atoms with Gasteiger partial charge < -0.3 is 0 Å². The highest BCUT2D eigenvalue weighted by Gasteiger charge is 2.28. The minimum atomic E-state index is 0. The van der Waals surface area contributed by atoms with E-state index in [1.54, 1.807) is 6.08 Å². The SMILES string of the molecule is C.C=C/C=C(\C=C/C)C1=C(C(=C)C)c2c(ncc(C#N)c2Cl)C1. The van der Waals surface area contributed by atoms with E-state index in [0.29, 0.717) is 17.0 Å². The van der Waals surface area contributed by atoms with Crippen LogP contribution in [0.5, 0.6) is 0 Å². The molecule has 1 aromatic heterocycles. The molecule has 2 rings (SSSR count). The lowest BCUT2D eigenvalue weighted by Crippen LogP contribution is -1.94. The number of allylic oxidation sites excluding steroid dienone is 8. The van der Waals surface area contributed by atoms with E-state index in [-0.39, 0.29) is 7.43 Å². The van der Waals surface area contributed by atoms with Crippen molar-refractivity contribution in [3.63, 3.8) is 0 Å². The Morgan fingerprint density at radius 1 is 1.48 bits per heavy atom. The van der Waals surface area contributed by atoms with E-state index >= 15 is 0 Å². The highest BCUT2D eigenvalue weighted by atomic mass is 35.5. The zero-order chi connectivity index (χ0) is 16.3. The van der Waals surface area contributed by atoms with Gasteiger partial charge in [-0.25, -0.2) is 0 Å². The number of hydrogen-bond acceptors (Lipinski definition) is 2. The van der Waals surface area contributed by atoms with Gasteiger partial charge in [-0.15, -0.1) is 0 Å². The Kier molecular flexibility index (Phi) is 6.30. The normalized spacial score (nSPS) is 13.6. The Labute approximate surface area is 143 Å². The molecule has 0 saturated carbocycles. The number of nitrogens with zero attached hydrogens (tertiary/aromatic N) is 2. The van der Waals surface area contributed by atoms with Crippen molar-refractivity contribution in [1.29, 1.82) is 5.26 Å². The van der Waals surface area contributed by atoms with Gasteiger partial charge in [-0.3, -0.25) is 4.98 Å². The quantitative estimate of drug-likeness (QED) is 0.654. The van der Waals surface area contributed by atoms with Gasteiger partial charge in [-0.1, -0.05) is 62.1 Å². The maximum atomic E-state index is 9.17. The van der Waals surface area contributed by atoms with E-state index < -0.39 is 0 Å². The molecule has 0 unspecified atom stereocenters. The first kappa shape index (κ1) is 18.7. The highest BCUT2D eigenvalue weighted by Crippen LogP contribution is 2.43. The average molecular weight is 325 g/mol. The van der Waals surface area contributed by atoms with Crippen molar-refractivity contribution in [1.82, 2.24) is 4.98 Å². The molecule has 3 heteroatoms. The van der Waals surface area contributed by atoms with E-state index in [2.05, 4.69) is 24.2 Å². The lowest BCUT2D eigenvalue weighted by atomic mass is 9.95. The Hall–Kier alpha value is -2.37. The number of nitriles is 1. The molecule has 0 aromatic carbocycles. The fraction of sp³-hybridized carbons (Fsp3) is 0.200. The molecule has 2 nitrogen and oxygen atoms in total. The summed E-state index contributed by atoms with van der Waals surface area (Å²) in [7, 11) is 0. The molecular weight excluding hydrogens is 304 g/mol. The standard InChI is InChI=1S/C19H17ClN2.CH4/c1-5-7-13(8-6-2)15-9-16-18(17(15)12(3)4)19(20)14(10-21)11-22-16;/h5-8,11H,1,3,9H2,2,4H3;1H4/b8-6-,13-7+;. The minimum absolute atomic E-state index is 0. The van der Waals surface area contributed by atoms with E-state index in [4.69, 9.17) is 16.9 Å². The summed E-state index contributed by atoms with van der Waals surface area (Å²) in [4.78, 5) is 4.41. The first-order chi connectivity index (χ1) is 10.5. The topological polar surface area (TPSA) is 36.7 Å². The maximum absolute atomic E-state index is 9.17. The Morgan fingerprint density at radius 3 is 2.70 bits per heavy atom. The summed E-state index contributed by atoms with van der Waals surface area (Å²) in [5.74, 6) is 0. The monoisotopic (exact) mass is 324 g/mol. The van der Waals surface area contributed by atoms with Crippen molar-refractivity contribution in [3.05, 3.63) is 82.2 Å². The van der Waals surface area contributed by atoms with Crippen molar-refractivity contribution in [2.45, 2.75) is 27.7 Å². The van der Waals surface area contributed by atoms with Crippen LogP contribution >= 0.6 is 11.6 Å². The summed E-state index contributed by atoms with van der Waals surface area (Å²) in [5, 5.41) is 9.63. The molecule has 1 aliphatic carbocycles. The molecule has 1 heterocycles. The second-order valence-electron chi connectivity index (χ2n) is 5.09. The third-order valence-electron chi connectivity index (χ3n) is 3.53. The van der Waals surface area contributed by atoms with Crippen LogP contribution < -0.4 is 0 Å². The number of fused-ring (bicyclic) bond motifs is 1. The molecule has 0 aliphatic heterocycles. The molecule has 0 saturated heterocycles. The predicted octanol–water partition coefficient (Wildman–Crippen LogP) is 5.82. The van der Waals surface area contributed by atoms with Crippen LogP contribution in [0.1, 0.15) is 38.1 Å². The van der Waals surface area contributed by atoms with E-state index in [1.165, 1.54) is 6.20 Å². The number of aromatic nitrogens is 1. The molecular formula is C20H21ClN2. The van der Waals surface area contributed by atoms with Gasteiger partial charge in [0.05, 0.1) is 16.3 Å². The molecule has 0 radical (unpaired) electrons. The smallest absolute Gasteiger partial charge is 0.102 e.